The molecule has 0 saturated carbocycles. The average Bonchev–Trinajstić information content (AvgIpc) is 2.23. The first-order valence-electron chi connectivity index (χ1n) is 4.72. The first-order chi connectivity index (χ1) is 7.82. The van der Waals surface area contributed by atoms with E-state index in [9.17, 15) is 19.8 Å². The largest absolute Gasteiger partial charge is 0.480 e. The smallest absolute Gasteiger partial charge is 0.370 e. The van der Waals surface area contributed by atoms with E-state index >= 15 is 0 Å². The van der Waals surface area contributed by atoms with Gasteiger partial charge in [0.2, 0.25) is 0 Å². The molecule has 0 bridgehead atoms. The Morgan fingerprint density at radius 3 is 2.41 bits per heavy atom. The van der Waals surface area contributed by atoms with Crippen LogP contribution in [-0.2, 0) is 14.3 Å². The lowest BCUT2D eigenvalue weighted by Gasteiger charge is -2.30. The summed E-state index contributed by atoms with van der Waals surface area (Å²) in [6, 6.07) is 0. The van der Waals surface area contributed by atoms with Crippen LogP contribution in [0.15, 0.2) is 24.0 Å². The molecular weight excluding hydrogens is 232 g/mol. The zero-order valence-electron chi connectivity index (χ0n) is 8.74. The Balaban J connectivity index is 2.81. The van der Waals surface area contributed by atoms with Gasteiger partial charge in [0.25, 0.3) is 0 Å². The molecule has 94 valence electrons. The van der Waals surface area contributed by atoms with Crippen LogP contribution in [0.5, 0.6) is 0 Å². The Labute approximate surface area is 96.3 Å². The average molecular weight is 244 g/mol. The molecule has 0 amide bonds. The lowest BCUT2D eigenvalue weighted by atomic mass is 9.92. The number of carboxylic acids is 2. The molecule has 0 fully saturated rings. The number of aliphatic carboxylic acids is 2. The molecule has 4 N–H and O–H groups in total. The van der Waals surface area contributed by atoms with E-state index in [0.717, 1.165) is 6.08 Å². The molecule has 0 aromatic carbocycles. The fourth-order valence-corrected chi connectivity index (χ4v) is 1.43. The van der Waals surface area contributed by atoms with Crippen molar-refractivity contribution in [1.29, 1.82) is 0 Å². The van der Waals surface area contributed by atoms with Crippen LogP contribution in [0.2, 0.25) is 0 Å². The van der Waals surface area contributed by atoms with Gasteiger partial charge in [-0.05, 0) is 12.7 Å². The van der Waals surface area contributed by atoms with E-state index in [2.05, 4.69) is 6.58 Å². The molecule has 0 aliphatic heterocycles. The standard InChI is InChI=1S/C10H12O7/c1-4(9(13)14)17-7-3-5(10(15)16)2-6(11)8(7)12/h2,6-8,11-12H,1,3H2,(H,13,14)(H,15,16). The molecule has 0 aromatic rings. The predicted octanol–water partition coefficient (Wildman–Crippen LogP) is -0.894. The fourth-order valence-electron chi connectivity index (χ4n) is 1.43. The second kappa shape index (κ2) is 4.98. The number of ether oxygens (including phenoxy) is 1. The highest BCUT2D eigenvalue weighted by atomic mass is 16.5. The summed E-state index contributed by atoms with van der Waals surface area (Å²) >= 11 is 0. The Morgan fingerprint density at radius 1 is 1.35 bits per heavy atom. The second-order valence-electron chi connectivity index (χ2n) is 3.57. The normalized spacial score (nSPS) is 28.1. The molecule has 17 heavy (non-hydrogen) atoms. The van der Waals surface area contributed by atoms with Gasteiger partial charge in [-0.25, -0.2) is 9.59 Å². The number of hydrogen-bond donors (Lipinski definition) is 4. The van der Waals surface area contributed by atoms with Gasteiger partial charge in [0.1, 0.15) is 18.3 Å². The third-order valence-electron chi connectivity index (χ3n) is 2.33. The maximum Gasteiger partial charge on any atom is 0.370 e. The Morgan fingerprint density at radius 2 is 1.94 bits per heavy atom. The SMILES string of the molecule is C=C(OC1CC(C(=O)O)=CC(O)C1O)C(=O)O. The van der Waals surface area contributed by atoms with Gasteiger partial charge >= 0.3 is 11.9 Å². The van der Waals surface area contributed by atoms with Crippen LogP contribution in [0, 0.1) is 0 Å². The highest BCUT2D eigenvalue weighted by molar-refractivity contribution is 5.87. The summed E-state index contributed by atoms with van der Waals surface area (Å²) in [7, 11) is 0. The number of aliphatic hydroxyl groups is 2. The van der Waals surface area contributed by atoms with Gasteiger partial charge in [-0.15, -0.1) is 0 Å². The summed E-state index contributed by atoms with van der Waals surface area (Å²) in [6.45, 7) is 3.10. The molecule has 0 heterocycles. The van der Waals surface area contributed by atoms with E-state index in [0.29, 0.717) is 0 Å². The first-order valence-corrected chi connectivity index (χ1v) is 4.72. The van der Waals surface area contributed by atoms with Gasteiger partial charge in [0, 0.05) is 12.0 Å². The van der Waals surface area contributed by atoms with Crippen LogP contribution in [-0.4, -0.2) is 50.7 Å². The van der Waals surface area contributed by atoms with Crippen molar-refractivity contribution in [3.05, 3.63) is 24.0 Å². The van der Waals surface area contributed by atoms with Crippen molar-refractivity contribution in [2.45, 2.75) is 24.7 Å². The Bertz CT molecular complexity index is 384. The summed E-state index contributed by atoms with van der Waals surface area (Å²) in [5, 5.41) is 36.2. The molecule has 3 atom stereocenters. The van der Waals surface area contributed by atoms with Crippen LogP contribution in [0.3, 0.4) is 0 Å². The summed E-state index contributed by atoms with van der Waals surface area (Å²) in [6.07, 6.45) is -3.17. The lowest BCUT2D eigenvalue weighted by molar-refractivity contribution is -0.141. The van der Waals surface area contributed by atoms with Gasteiger partial charge in [-0.1, -0.05) is 0 Å². The van der Waals surface area contributed by atoms with Crippen molar-refractivity contribution in [3.63, 3.8) is 0 Å². The van der Waals surface area contributed by atoms with E-state index in [4.69, 9.17) is 14.9 Å². The molecule has 1 aliphatic carbocycles. The Hall–Kier alpha value is -1.86. The molecule has 0 aromatic heterocycles. The van der Waals surface area contributed by atoms with E-state index < -0.39 is 36.0 Å². The number of hydrogen-bond acceptors (Lipinski definition) is 5. The molecule has 0 saturated heterocycles. The number of rotatable bonds is 4. The van der Waals surface area contributed by atoms with Crippen molar-refractivity contribution < 1.29 is 34.8 Å². The molecule has 0 radical (unpaired) electrons. The van der Waals surface area contributed by atoms with E-state index in [1.807, 2.05) is 0 Å². The van der Waals surface area contributed by atoms with E-state index in [-0.39, 0.29) is 12.0 Å². The third kappa shape index (κ3) is 3.05. The summed E-state index contributed by atoms with van der Waals surface area (Å²) in [4.78, 5) is 21.2. The molecule has 7 nitrogen and oxygen atoms in total. The van der Waals surface area contributed by atoms with Gasteiger partial charge in [-0.2, -0.15) is 0 Å². The molecule has 1 aliphatic rings. The maximum absolute atomic E-state index is 10.7. The van der Waals surface area contributed by atoms with Gasteiger partial charge in [-0.3, -0.25) is 0 Å². The fraction of sp³-hybridized carbons (Fsp3) is 0.400. The van der Waals surface area contributed by atoms with E-state index in [1.54, 1.807) is 0 Å². The number of aliphatic hydroxyl groups excluding tert-OH is 2. The third-order valence-corrected chi connectivity index (χ3v) is 2.33. The van der Waals surface area contributed by atoms with Crippen molar-refractivity contribution in [2.75, 3.05) is 0 Å². The van der Waals surface area contributed by atoms with Crippen molar-refractivity contribution >= 4 is 11.9 Å². The zero-order chi connectivity index (χ0) is 13.2. The van der Waals surface area contributed by atoms with Crippen LogP contribution in [0.1, 0.15) is 6.42 Å². The lowest BCUT2D eigenvalue weighted by Crippen LogP contribution is -2.42. The summed E-state index contributed by atoms with van der Waals surface area (Å²) in [5.74, 6) is -3.29. The van der Waals surface area contributed by atoms with Crippen LogP contribution >= 0.6 is 0 Å². The number of carbonyl (C=O) groups is 2. The summed E-state index contributed by atoms with van der Waals surface area (Å²) in [5.41, 5.74) is -0.147. The summed E-state index contributed by atoms with van der Waals surface area (Å²) < 4.78 is 4.81. The quantitative estimate of drug-likeness (QED) is 0.373. The van der Waals surface area contributed by atoms with Crippen LogP contribution in [0.4, 0.5) is 0 Å². The predicted molar refractivity (Wildman–Crippen MR) is 54.0 cm³/mol. The maximum atomic E-state index is 10.7. The molecule has 7 heteroatoms. The highest BCUT2D eigenvalue weighted by Gasteiger charge is 2.35. The van der Waals surface area contributed by atoms with Crippen LogP contribution < -0.4 is 0 Å². The minimum Gasteiger partial charge on any atom is -0.480 e. The van der Waals surface area contributed by atoms with Crippen molar-refractivity contribution in [3.8, 4) is 0 Å². The second-order valence-corrected chi connectivity index (χ2v) is 3.57. The van der Waals surface area contributed by atoms with Gasteiger partial charge in [0.05, 0.1) is 0 Å². The van der Waals surface area contributed by atoms with Crippen molar-refractivity contribution in [2.24, 2.45) is 0 Å². The number of carboxylic acid groups (broad SMARTS) is 2. The molecule has 0 spiro atoms. The van der Waals surface area contributed by atoms with Gasteiger partial charge in [0.15, 0.2) is 5.76 Å². The zero-order valence-corrected chi connectivity index (χ0v) is 8.74. The molecular formula is C10H12O7. The van der Waals surface area contributed by atoms with Crippen molar-refractivity contribution in [1.82, 2.24) is 0 Å². The molecule has 3 unspecified atom stereocenters. The Kier molecular flexibility index (Phi) is 3.87. The van der Waals surface area contributed by atoms with Gasteiger partial charge < -0.3 is 25.2 Å². The highest BCUT2D eigenvalue weighted by Crippen LogP contribution is 2.23. The van der Waals surface area contributed by atoms with E-state index in [1.165, 1.54) is 0 Å². The monoisotopic (exact) mass is 244 g/mol. The minimum atomic E-state index is -1.42. The minimum absolute atomic E-state index is 0.147. The first kappa shape index (κ1) is 13.2. The van der Waals surface area contributed by atoms with Crippen LogP contribution in [0.25, 0.3) is 0 Å². The topological polar surface area (TPSA) is 124 Å². The molecule has 1 rings (SSSR count).